The average Bonchev–Trinajstić information content (AvgIpc) is 2.45. The van der Waals surface area contributed by atoms with Crippen molar-refractivity contribution in [3.05, 3.63) is 18.1 Å². The number of rotatable bonds is 9. The Morgan fingerprint density at radius 2 is 1.95 bits per heavy atom. The van der Waals surface area contributed by atoms with Crippen LogP contribution in [0.3, 0.4) is 0 Å². The summed E-state index contributed by atoms with van der Waals surface area (Å²) in [7, 11) is -3.34. The largest absolute Gasteiger partial charge is 0.369 e. The highest BCUT2D eigenvalue weighted by molar-refractivity contribution is 7.89. The first kappa shape index (κ1) is 17.3. The van der Waals surface area contributed by atoms with Gasteiger partial charge in [-0.3, -0.25) is 4.79 Å². The molecule has 0 fully saturated rings. The maximum Gasteiger partial charge on any atom is 0.271 e. The van der Waals surface area contributed by atoms with Crippen molar-refractivity contribution in [2.45, 2.75) is 20.3 Å². The fourth-order valence-electron chi connectivity index (χ4n) is 1.47. The molecule has 8 nitrogen and oxygen atoms in total. The van der Waals surface area contributed by atoms with E-state index < -0.39 is 15.9 Å². The highest BCUT2D eigenvalue weighted by Gasteiger charge is 2.11. The molecule has 9 heteroatoms. The lowest BCUT2D eigenvalue weighted by molar-refractivity contribution is 0.0951. The van der Waals surface area contributed by atoms with Gasteiger partial charge in [0.2, 0.25) is 10.0 Å². The van der Waals surface area contributed by atoms with Crippen LogP contribution < -0.4 is 15.4 Å². The van der Waals surface area contributed by atoms with Crippen LogP contribution in [0, 0.1) is 0 Å². The zero-order chi connectivity index (χ0) is 15.7. The van der Waals surface area contributed by atoms with Crippen LogP contribution in [-0.4, -0.2) is 49.7 Å². The Labute approximate surface area is 124 Å². The minimum absolute atomic E-state index is 0.0195. The van der Waals surface area contributed by atoms with Crippen molar-refractivity contribution in [2.24, 2.45) is 0 Å². The maximum atomic E-state index is 11.8. The van der Waals surface area contributed by atoms with Gasteiger partial charge in [-0.1, -0.05) is 13.8 Å². The first-order valence-electron chi connectivity index (χ1n) is 6.80. The molecule has 0 atom stereocenters. The summed E-state index contributed by atoms with van der Waals surface area (Å²) in [6.07, 6.45) is 3.79. The lowest BCUT2D eigenvalue weighted by atomic mass is 10.4. The van der Waals surface area contributed by atoms with Gasteiger partial charge in [0.1, 0.15) is 11.5 Å². The normalized spacial score (nSPS) is 11.1. The van der Waals surface area contributed by atoms with Gasteiger partial charge >= 0.3 is 0 Å². The van der Waals surface area contributed by atoms with E-state index in [0.717, 1.165) is 13.0 Å². The van der Waals surface area contributed by atoms with Crippen LogP contribution >= 0.6 is 0 Å². The number of carbonyl (C=O) groups is 1. The molecule has 0 bridgehead atoms. The minimum atomic E-state index is -3.34. The molecule has 0 saturated heterocycles. The number of nitrogens with zero attached hydrogens (tertiary/aromatic N) is 2. The van der Waals surface area contributed by atoms with E-state index in [4.69, 9.17) is 0 Å². The van der Waals surface area contributed by atoms with Gasteiger partial charge in [-0.2, -0.15) is 0 Å². The van der Waals surface area contributed by atoms with Crippen molar-refractivity contribution in [2.75, 3.05) is 30.7 Å². The smallest absolute Gasteiger partial charge is 0.271 e. The fraction of sp³-hybridized carbons (Fsp3) is 0.583. The zero-order valence-electron chi connectivity index (χ0n) is 12.2. The summed E-state index contributed by atoms with van der Waals surface area (Å²) in [5.41, 5.74) is 0.151. The van der Waals surface area contributed by atoms with E-state index in [2.05, 4.69) is 25.3 Å². The van der Waals surface area contributed by atoms with E-state index in [1.54, 1.807) is 6.92 Å². The van der Waals surface area contributed by atoms with E-state index in [-0.39, 0.29) is 18.0 Å². The third kappa shape index (κ3) is 6.50. The number of carbonyl (C=O) groups excluding carboxylic acids is 1. The lowest BCUT2D eigenvalue weighted by Gasteiger charge is -2.07. The van der Waals surface area contributed by atoms with Crippen molar-refractivity contribution in [1.29, 1.82) is 0 Å². The number of aromatic nitrogens is 2. The molecule has 0 aliphatic rings. The monoisotopic (exact) mass is 315 g/mol. The predicted octanol–water partition coefficient (Wildman–Crippen LogP) is -0.0324. The number of anilines is 1. The van der Waals surface area contributed by atoms with Crippen LogP contribution in [0.4, 0.5) is 5.82 Å². The van der Waals surface area contributed by atoms with Gasteiger partial charge in [0, 0.05) is 19.6 Å². The van der Waals surface area contributed by atoms with E-state index in [0.29, 0.717) is 12.4 Å². The van der Waals surface area contributed by atoms with Gasteiger partial charge in [-0.25, -0.2) is 23.1 Å². The molecule has 0 radical (unpaired) electrons. The Morgan fingerprint density at radius 3 is 2.52 bits per heavy atom. The van der Waals surface area contributed by atoms with Gasteiger partial charge in [0.05, 0.1) is 18.1 Å². The molecule has 0 unspecified atom stereocenters. The quantitative estimate of drug-likeness (QED) is 0.590. The molecule has 1 aromatic rings. The van der Waals surface area contributed by atoms with Gasteiger partial charge < -0.3 is 10.6 Å². The maximum absolute atomic E-state index is 11.8. The summed E-state index contributed by atoms with van der Waals surface area (Å²) >= 11 is 0. The van der Waals surface area contributed by atoms with Gasteiger partial charge in [-0.15, -0.1) is 0 Å². The molecule has 1 rings (SSSR count). The molecule has 1 aromatic heterocycles. The second-order valence-electron chi connectivity index (χ2n) is 4.29. The van der Waals surface area contributed by atoms with Gasteiger partial charge in [0.25, 0.3) is 5.91 Å². The number of hydrogen-bond donors (Lipinski definition) is 3. The van der Waals surface area contributed by atoms with E-state index in [1.807, 2.05) is 6.92 Å². The standard InChI is InChI=1S/C12H21N5O3S/c1-3-5-13-11-9-15-10(8-16-11)12(18)14-6-7-21(19,20)17-4-2/h8-9,17H,3-7H2,1-2H3,(H,13,16)(H,14,18). The number of sulfonamides is 1. The Bertz CT molecular complexity index is 545. The molecule has 1 amide bonds. The molecule has 1 heterocycles. The molecule has 118 valence electrons. The summed E-state index contributed by atoms with van der Waals surface area (Å²) in [5.74, 6) is -0.0183. The first-order chi connectivity index (χ1) is 9.98. The summed E-state index contributed by atoms with van der Waals surface area (Å²) in [5, 5.41) is 5.54. The van der Waals surface area contributed by atoms with Crippen LogP contribution in [-0.2, 0) is 10.0 Å². The topological polar surface area (TPSA) is 113 Å². The highest BCUT2D eigenvalue weighted by Crippen LogP contribution is 2.01. The van der Waals surface area contributed by atoms with E-state index in [1.165, 1.54) is 12.4 Å². The van der Waals surface area contributed by atoms with Crippen LogP contribution in [0.1, 0.15) is 30.8 Å². The number of amides is 1. The Kier molecular flexibility index (Phi) is 7.03. The number of nitrogens with one attached hydrogen (secondary N) is 3. The number of hydrogen-bond acceptors (Lipinski definition) is 6. The van der Waals surface area contributed by atoms with Gasteiger partial charge in [0.15, 0.2) is 0 Å². The van der Waals surface area contributed by atoms with E-state index >= 15 is 0 Å². The second kappa shape index (κ2) is 8.53. The zero-order valence-corrected chi connectivity index (χ0v) is 13.0. The molecule has 0 aliphatic heterocycles. The summed E-state index contributed by atoms with van der Waals surface area (Å²) < 4.78 is 25.1. The van der Waals surface area contributed by atoms with Crippen molar-refractivity contribution in [1.82, 2.24) is 20.0 Å². The SMILES string of the molecule is CCCNc1cnc(C(=O)NCCS(=O)(=O)NCC)cn1. The fourth-order valence-corrected chi connectivity index (χ4v) is 2.43. The van der Waals surface area contributed by atoms with Gasteiger partial charge in [-0.05, 0) is 6.42 Å². The van der Waals surface area contributed by atoms with Crippen molar-refractivity contribution in [3.8, 4) is 0 Å². The Morgan fingerprint density at radius 1 is 1.19 bits per heavy atom. The van der Waals surface area contributed by atoms with Crippen LogP contribution in [0.25, 0.3) is 0 Å². The molecule has 0 aliphatic carbocycles. The van der Waals surface area contributed by atoms with Crippen molar-refractivity contribution >= 4 is 21.7 Å². The molecule has 3 N–H and O–H groups in total. The predicted molar refractivity (Wildman–Crippen MR) is 80.6 cm³/mol. The summed E-state index contributed by atoms with van der Waals surface area (Å²) in [6, 6.07) is 0. The Balaban J connectivity index is 2.45. The molecular formula is C12H21N5O3S. The van der Waals surface area contributed by atoms with Crippen molar-refractivity contribution in [3.63, 3.8) is 0 Å². The third-order valence-electron chi connectivity index (χ3n) is 2.46. The Hall–Kier alpha value is -1.74. The molecule has 0 saturated carbocycles. The lowest BCUT2D eigenvalue weighted by Crippen LogP contribution is -2.34. The molecule has 21 heavy (non-hydrogen) atoms. The molecule has 0 aromatic carbocycles. The van der Waals surface area contributed by atoms with E-state index in [9.17, 15) is 13.2 Å². The summed E-state index contributed by atoms with van der Waals surface area (Å²) in [4.78, 5) is 19.8. The average molecular weight is 315 g/mol. The highest BCUT2D eigenvalue weighted by atomic mass is 32.2. The van der Waals surface area contributed by atoms with Crippen LogP contribution in [0.15, 0.2) is 12.4 Å². The van der Waals surface area contributed by atoms with Crippen LogP contribution in [0.2, 0.25) is 0 Å². The molecular weight excluding hydrogens is 294 g/mol. The summed E-state index contributed by atoms with van der Waals surface area (Å²) in [6.45, 7) is 4.85. The first-order valence-corrected chi connectivity index (χ1v) is 8.45. The third-order valence-corrected chi connectivity index (χ3v) is 3.93. The van der Waals surface area contributed by atoms with Crippen molar-refractivity contribution < 1.29 is 13.2 Å². The minimum Gasteiger partial charge on any atom is -0.369 e. The second-order valence-corrected chi connectivity index (χ2v) is 6.21. The molecule has 0 spiro atoms. The van der Waals surface area contributed by atoms with Crippen LogP contribution in [0.5, 0.6) is 0 Å².